The molecule has 4 nitrogen and oxygen atoms in total. The number of oxazole rings is 1. The number of benzene rings is 7. The van der Waals surface area contributed by atoms with Gasteiger partial charge in [-0.05, 0) is 68.4 Å². The fourth-order valence-electron chi connectivity index (χ4n) is 6.87. The minimum atomic E-state index is 0.666. The molecule has 50 heavy (non-hydrogen) atoms. The normalized spacial score (nSPS) is 11.3. The second-order valence-electron chi connectivity index (χ2n) is 12.4. The molecule has 9 rings (SSSR count). The Hall–Kier alpha value is -6.65. The van der Waals surface area contributed by atoms with Crippen LogP contribution in [0.4, 0.5) is 0 Å². The van der Waals surface area contributed by atoms with Gasteiger partial charge in [-0.2, -0.15) is 0 Å². The van der Waals surface area contributed by atoms with Gasteiger partial charge in [-0.15, -0.1) is 0 Å². The van der Waals surface area contributed by atoms with E-state index in [1.54, 1.807) is 0 Å². The zero-order chi connectivity index (χ0) is 33.4. The smallest absolute Gasteiger partial charge is 0.192 e. The Bertz CT molecular complexity index is 2600. The van der Waals surface area contributed by atoms with Crippen LogP contribution < -0.4 is 0 Å². The molecule has 0 aliphatic heterocycles. The molecule has 9 aromatic rings. The van der Waals surface area contributed by atoms with Crippen molar-refractivity contribution in [2.24, 2.45) is 0 Å². The molecule has 2 heterocycles. The van der Waals surface area contributed by atoms with E-state index in [0.717, 1.165) is 72.6 Å². The Morgan fingerprint density at radius 1 is 0.420 bits per heavy atom. The van der Waals surface area contributed by atoms with Crippen molar-refractivity contribution in [2.75, 3.05) is 0 Å². The Morgan fingerprint density at radius 2 is 1.04 bits per heavy atom. The molecule has 7 aromatic carbocycles. The highest BCUT2D eigenvalue weighted by Crippen LogP contribution is 2.43. The van der Waals surface area contributed by atoms with Crippen LogP contribution >= 0.6 is 0 Å². The van der Waals surface area contributed by atoms with Gasteiger partial charge >= 0.3 is 0 Å². The third kappa shape index (κ3) is 5.43. The Balaban J connectivity index is 1.25. The van der Waals surface area contributed by atoms with Gasteiger partial charge in [0.25, 0.3) is 0 Å². The fraction of sp³-hybridized carbons (Fsp3) is 0.0217. The van der Waals surface area contributed by atoms with Crippen molar-refractivity contribution >= 4 is 21.9 Å². The van der Waals surface area contributed by atoms with Crippen LogP contribution in [0.2, 0.25) is 0 Å². The summed E-state index contributed by atoms with van der Waals surface area (Å²) in [6.45, 7) is 1.88. The lowest BCUT2D eigenvalue weighted by molar-refractivity contribution is 0.561. The Labute approximate surface area is 290 Å². The monoisotopic (exact) mass is 641 g/mol. The molecule has 0 aliphatic rings. The molecule has 0 N–H and O–H groups in total. The summed E-state index contributed by atoms with van der Waals surface area (Å²) in [6.07, 6.45) is 0. The first-order valence-corrected chi connectivity index (χ1v) is 16.8. The van der Waals surface area contributed by atoms with Gasteiger partial charge in [0, 0.05) is 23.6 Å². The highest BCUT2D eigenvalue weighted by atomic mass is 16.3. The molecule has 0 amide bonds. The third-order valence-electron chi connectivity index (χ3n) is 9.23. The molecule has 4 heteroatoms. The zero-order valence-electron chi connectivity index (χ0n) is 27.4. The van der Waals surface area contributed by atoms with Crippen molar-refractivity contribution in [1.82, 2.24) is 15.0 Å². The molecule has 0 fully saturated rings. The molecule has 236 valence electrons. The van der Waals surface area contributed by atoms with Gasteiger partial charge in [-0.25, -0.2) is 15.0 Å². The van der Waals surface area contributed by atoms with Crippen molar-refractivity contribution in [3.8, 4) is 67.3 Å². The summed E-state index contributed by atoms with van der Waals surface area (Å²) in [5.74, 6) is 1.35. The van der Waals surface area contributed by atoms with Gasteiger partial charge in [0.05, 0.1) is 11.4 Å². The second-order valence-corrected chi connectivity index (χ2v) is 12.4. The van der Waals surface area contributed by atoms with Crippen molar-refractivity contribution in [2.45, 2.75) is 6.92 Å². The van der Waals surface area contributed by atoms with Gasteiger partial charge in [0.15, 0.2) is 17.3 Å². The van der Waals surface area contributed by atoms with E-state index in [1.807, 2.05) is 49.4 Å². The number of hydrogen-bond acceptors (Lipinski definition) is 4. The van der Waals surface area contributed by atoms with E-state index in [-0.39, 0.29) is 0 Å². The third-order valence-corrected chi connectivity index (χ3v) is 9.23. The topological polar surface area (TPSA) is 51.8 Å². The Kier molecular flexibility index (Phi) is 7.33. The average Bonchev–Trinajstić information content (AvgIpc) is 3.57. The molecule has 0 spiro atoms. The van der Waals surface area contributed by atoms with Crippen LogP contribution in [0.15, 0.2) is 174 Å². The molecular formula is C46H31N3O. The number of aryl methyl sites for hydroxylation is 1. The highest BCUT2D eigenvalue weighted by Gasteiger charge is 2.19. The van der Waals surface area contributed by atoms with Crippen LogP contribution in [0.25, 0.3) is 89.2 Å². The van der Waals surface area contributed by atoms with Crippen LogP contribution in [0, 0.1) is 6.92 Å². The quantitative estimate of drug-likeness (QED) is 0.181. The fourth-order valence-corrected chi connectivity index (χ4v) is 6.87. The van der Waals surface area contributed by atoms with Gasteiger partial charge in [0.1, 0.15) is 5.52 Å². The predicted molar refractivity (Wildman–Crippen MR) is 204 cm³/mol. The summed E-state index contributed by atoms with van der Waals surface area (Å²) in [5, 5.41) is 2.36. The highest BCUT2D eigenvalue weighted by molar-refractivity contribution is 6.06. The molecule has 0 unspecified atom stereocenters. The average molecular weight is 642 g/mol. The molecule has 2 aromatic heterocycles. The summed E-state index contributed by atoms with van der Waals surface area (Å²) >= 11 is 0. The van der Waals surface area contributed by atoms with Gasteiger partial charge in [0.2, 0.25) is 0 Å². The first-order valence-electron chi connectivity index (χ1n) is 16.8. The van der Waals surface area contributed by atoms with E-state index in [9.17, 15) is 0 Å². The number of fused-ring (bicyclic) bond motifs is 2. The first-order chi connectivity index (χ1) is 24.7. The van der Waals surface area contributed by atoms with Crippen LogP contribution in [0.5, 0.6) is 0 Å². The predicted octanol–water partition coefficient (Wildman–Crippen LogP) is 12.1. The molecule has 0 atom stereocenters. The molecule has 0 aliphatic carbocycles. The van der Waals surface area contributed by atoms with Gasteiger partial charge in [-0.1, -0.05) is 146 Å². The summed E-state index contributed by atoms with van der Waals surface area (Å²) in [4.78, 5) is 14.9. The maximum absolute atomic E-state index is 5.88. The van der Waals surface area contributed by atoms with Crippen molar-refractivity contribution in [1.29, 1.82) is 0 Å². The van der Waals surface area contributed by atoms with E-state index in [2.05, 4.69) is 132 Å². The van der Waals surface area contributed by atoms with Crippen molar-refractivity contribution < 1.29 is 4.42 Å². The number of hydrogen-bond donors (Lipinski definition) is 0. The lowest BCUT2D eigenvalue weighted by Gasteiger charge is -2.18. The SMILES string of the molecule is Cc1nc2ccc(-c3cccc(-c4c(-c5ccccc5-c5nc(-c6ccccc6)cc(-c6ccccc6)n5)ccc5ccccc45)c3)cc2o1. The summed E-state index contributed by atoms with van der Waals surface area (Å²) in [6, 6.07) is 59.3. The lowest BCUT2D eigenvalue weighted by Crippen LogP contribution is -1.98. The summed E-state index contributed by atoms with van der Waals surface area (Å²) in [7, 11) is 0. The van der Waals surface area contributed by atoms with E-state index < -0.39 is 0 Å². The standard InChI is InChI=1S/C46H31N3O/c1-30-47-41-26-24-35(28-44(41)50-30)34-18-12-19-36(27-34)45-37-20-9-8-13-31(37)23-25-39(45)38-21-10-11-22-40(38)46-48-42(32-14-4-2-5-15-32)29-43(49-46)33-16-6-3-7-17-33/h2-29H,1H3. The maximum Gasteiger partial charge on any atom is 0.192 e. The van der Waals surface area contributed by atoms with E-state index in [1.165, 1.54) is 10.8 Å². The minimum Gasteiger partial charge on any atom is -0.441 e. The Morgan fingerprint density at radius 3 is 1.80 bits per heavy atom. The lowest BCUT2D eigenvalue weighted by atomic mass is 9.87. The van der Waals surface area contributed by atoms with Gasteiger partial charge in [-0.3, -0.25) is 0 Å². The van der Waals surface area contributed by atoms with Crippen LogP contribution in [-0.2, 0) is 0 Å². The first kappa shape index (κ1) is 29.5. The van der Waals surface area contributed by atoms with Crippen molar-refractivity contribution in [3.05, 3.63) is 176 Å². The molecule has 0 saturated carbocycles. The van der Waals surface area contributed by atoms with Crippen LogP contribution in [-0.4, -0.2) is 15.0 Å². The van der Waals surface area contributed by atoms with E-state index in [0.29, 0.717) is 11.7 Å². The van der Waals surface area contributed by atoms with Crippen LogP contribution in [0.1, 0.15) is 5.89 Å². The molecule has 0 saturated heterocycles. The van der Waals surface area contributed by atoms with E-state index in [4.69, 9.17) is 14.4 Å². The number of rotatable bonds is 6. The molecule has 0 bridgehead atoms. The minimum absolute atomic E-state index is 0.666. The maximum atomic E-state index is 5.88. The number of aromatic nitrogens is 3. The van der Waals surface area contributed by atoms with Crippen LogP contribution in [0.3, 0.4) is 0 Å². The summed E-state index contributed by atoms with van der Waals surface area (Å²) < 4.78 is 5.88. The zero-order valence-corrected chi connectivity index (χ0v) is 27.4. The number of nitrogens with zero attached hydrogens (tertiary/aromatic N) is 3. The largest absolute Gasteiger partial charge is 0.441 e. The second kappa shape index (κ2) is 12.4. The van der Waals surface area contributed by atoms with E-state index >= 15 is 0 Å². The molecular weight excluding hydrogens is 611 g/mol. The molecule has 0 radical (unpaired) electrons. The summed E-state index contributed by atoms with van der Waals surface area (Å²) in [5.41, 5.74) is 13.2. The van der Waals surface area contributed by atoms with Gasteiger partial charge < -0.3 is 4.42 Å². The van der Waals surface area contributed by atoms with Crippen molar-refractivity contribution in [3.63, 3.8) is 0 Å².